The Bertz CT molecular complexity index is 577. The SMILES string of the molecule is O=C(N/N=C\c1cccs1)[C@H]1C[C@@H]1c1ccccc1. The first-order valence-corrected chi connectivity index (χ1v) is 7.14. The third-order valence-electron chi connectivity index (χ3n) is 3.26. The number of rotatable bonds is 4. The van der Waals surface area contributed by atoms with Gasteiger partial charge in [-0.05, 0) is 29.3 Å². The minimum atomic E-state index is 0.0154. The van der Waals surface area contributed by atoms with E-state index >= 15 is 0 Å². The van der Waals surface area contributed by atoms with Gasteiger partial charge in [0.15, 0.2) is 0 Å². The van der Waals surface area contributed by atoms with Crippen LogP contribution in [0.4, 0.5) is 0 Å². The van der Waals surface area contributed by atoms with E-state index in [1.165, 1.54) is 5.56 Å². The molecule has 1 aliphatic carbocycles. The highest BCUT2D eigenvalue weighted by atomic mass is 32.1. The Morgan fingerprint density at radius 2 is 2.11 bits per heavy atom. The van der Waals surface area contributed by atoms with Crippen molar-refractivity contribution in [2.75, 3.05) is 0 Å². The molecule has 0 aliphatic heterocycles. The van der Waals surface area contributed by atoms with Crippen molar-refractivity contribution in [2.45, 2.75) is 12.3 Å². The van der Waals surface area contributed by atoms with Crippen LogP contribution in [0.3, 0.4) is 0 Å². The zero-order valence-corrected chi connectivity index (χ0v) is 11.1. The average Bonchev–Trinajstić information content (AvgIpc) is 3.09. The molecule has 0 spiro atoms. The maximum absolute atomic E-state index is 11.9. The van der Waals surface area contributed by atoms with Crippen LogP contribution in [0.15, 0.2) is 52.9 Å². The van der Waals surface area contributed by atoms with Crippen LogP contribution in [0.25, 0.3) is 0 Å². The number of hydrogen-bond acceptors (Lipinski definition) is 3. The number of benzene rings is 1. The van der Waals surface area contributed by atoms with Crippen LogP contribution in [-0.4, -0.2) is 12.1 Å². The monoisotopic (exact) mass is 270 g/mol. The minimum Gasteiger partial charge on any atom is -0.273 e. The zero-order chi connectivity index (χ0) is 13.1. The molecule has 1 heterocycles. The van der Waals surface area contributed by atoms with E-state index in [4.69, 9.17) is 0 Å². The Balaban J connectivity index is 1.53. The van der Waals surface area contributed by atoms with Gasteiger partial charge < -0.3 is 0 Å². The van der Waals surface area contributed by atoms with Crippen molar-refractivity contribution in [1.82, 2.24) is 5.43 Å². The Morgan fingerprint density at radius 3 is 2.84 bits per heavy atom. The lowest BCUT2D eigenvalue weighted by molar-refractivity contribution is -0.122. The van der Waals surface area contributed by atoms with Gasteiger partial charge in [-0.15, -0.1) is 11.3 Å². The van der Waals surface area contributed by atoms with Crippen LogP contribution in [0.2, 0.25) is 0 Å². The highest BCUT2D eigenvalue weighted by Crippen LogP contribution is 2.47. The molecule has 0 saturated heterocycles. The second-order valence-electron chi connectivity index (χ2n) is 4.61. The molecule has 3 nitrogen and oxygen atoms in total. The van der Waals surface area contributed by atoms with Crippen LogP contribution in [-0.2, 0) is 4.79 Å². The highest BCUT2D eigenvalue weighted by Gasteiger charge is 2.43. The van der Waals surface area contributed by atoms with Crippen molar-refractivity contribution in [2.24, 2.45) is 11.0 Å². The van der Waals surface area contributed by atoms with Gasteiger partial charge in [0.2, 0.25) is 5.91 Å². The highest BCUT2D eigenvalue weighted by molar-refractivity contribution is 7.11. The van der Waals surface area contributed by atoms with E-state index < -0.39 is 0 Å². The van der Waals surface area contributed by atoms with E-state index in [0.29, 0.717) is 5.92 Å². The van der Waals surface area contributed by atoms with Crippen LogP contribution in [0, 0.1) is 5.92 Å². The smallest absolute Gasteiger partial charge is 0.243 e. The number of hydrazone groups is 1. The molecule has 1 fully saturated rings. The van der Waals surface area contributed by atoms with Crippen molar-refractivity contribution < 1.29 is 4.79 Å². The Hall–Kier alpha value is -1.94. The van der Waals surface area contributed by atoms with E-state index in [2.05, 4.69) is 22.7 Å². The van der Waals surface area contributed by atoms with E-state index in [-0.39, 0.29) is 11.8 Å². The van der Waals surface area contributed by atoms with E-state index in [1.807, 2.05) is 35.7 Å². The first kappa shape index (κ1) is 12.1. The number of thiophene rings is 1. The molecular formula is C15H14N2OS. The largest absolute Gasteiger partial charge is 0.273 e. The van der Waals surface area contributed by atoms with Gasteiger partial charge in [-0.1, -0.05) is 36.4 Å². The fourth-order valence-corrected chi connectivity index (χ4v) is 2.75. The first-order valence-electron chi connectivity index (χ1n) is 6.26. The predicted molar refractivity (Wildman–Crippen MR) is 77.3 cm³/mol. The van der Waals surface area contributed by atoms with Gasteiger partial charge in [0.1, 0.15) is 0 Å². The topological polar surface area (TPSA) is 41.5 Å². The number of hydrogen-bond donors (Lipinski definition) is 1. The van der Waals surface area contributed by atoms with Crippen molar-refractivity contribution >= 4 is 23.5 Å². The van der Waals surface area contributed by atoms with Crippen LogP contribution < -0.4 is 5.43 Å². The molecule has 2 atom stereocenters. The van der Waals surface area contributed by atoms with Crippen molar-refractivity contribution in [3.63, 3.8) is 0 Å². The Labute approximate surface area is 116 Å². The van der Waals surface area contributed by atoms with Gasteiger partial charge in [-0.25, -0.2) is 5.43 Å². The summed E-state index contributed by atoms with van der Waals surface area (Å²) in [6.45, 7) is 0. The molecule has 1 saturated carbocycles. The first-order chi connectivity index (χ1) is 9.34. The fourth-order valence-electron chi connectivity index (χ4n) is 2.16. The molecule has 1 amide bonds. The van der Waals surface area contributed by atoms with Crippen LogP contribution in [0.5, 0.6) is 0 Å². The molecule has 0 unspecified atom stereocenters. The summed E-state index contributed by atoms with van der Waals surface area (Å²) in [5.74, 6) is 0.447. The summed E-state index contributed by atoms with van der Waals surface area (Å²) in [4.78, 5) is 12.9. The van der Waals surface area contributed by atoms with E-state index in [9.17, 15) is 4.79 Å². The normalized spacial score (nSPS) is 21.5. The van der Waals surface area contributed by atoms with Crippen molar-refractivity contribution in [3.8, 4) is 0 Å². The second kappa shape index (κ2) is 5.36. The fraction of sp³-hybridized carbons (Fsp3) is 0.200. The van der Waals surface area contributed by atoms with Crippen molar-refractivity contribution in [1.29, 1.82) is 0 Å². The molecule has 0 bridgehead atoms. The van der Waals surface area contributed by atoms with Gasteiger partial charge >= 0.3 is 0 Å². The lowest BCUT2D eigenvalue weighted by atomic mass is 10.1. The molecule has 4 heteroatoms. The summed E-state index contributed by atoms with van der Waals surface area (Å²) in [6, 6.07) is 14.1. The summed E-state index contributed by atoms with van der Waals surface area (Å²) < 4.78 is 0. The quantitative estimate of drug-likeness (QED) is 0.673. The third-order valence-corrected chi connectivity index (χ3v) is 4.07. The Morgan fingerprint density at radius 1 is 1.26 bits per heavy atom. The number of carbonyl (C=O) groups is 1. The summed E-state index contributed by atoms with van der Waals surface area (Å²) in [5, 5.41) is 5.97. The summed E-state index contributed by atoms with van der Waals surface area (Å²) >= 11 is 1.60. The average molecular weight is 270 g/mol. The molecule has 1 aromatic heterocycles. The maximum Gasteiger partial charge on any atom is 0.243 e. The maximum atomic E-state index is 11.9. The summed E-state index contributed by atoms with van der Waals surface area (Å²) in [7, 11) is 0. The number of carbonyl (C=O) groups excluding carboxylic acids is 1. The summed E-state index contributed by atoms with van der Waals surface area (Å²) in [6.07, 6.45) is 2.60. The van der Waals surface area contributed by atoms with Gasteiger partial charge in [0.05, 0.1) is 6.21 Å². The third kappa shape index (κ3) is 2.90. The summed E-state index contributed by atoms with van der Waals surface area (Å²) in [5.41, 5.74) is 3.86. The van der Waals surface area contributed by atoms with Gasteiger partial charge in [0, 0.05) is 10.8 Å². The number of nitrogens with zero attached hydrogens (tertiary/aromatic N) is 1. The van der Waals surface area contributed by atoms with Gasteiger partial charge in [0.25, 0.3) is 0 Å². The predicted octanol–water partition coefficient (Wildman–Crippen LogP) is 3.00. The molecule has 1 aromatic carbocycles. The van der Waals surface area contributed by atoms with Crippen LogP contribution in [0.1, 0.15) is 22.8 Å². The standard InChI is InChI=1S/C15H14N2OS/c18-15(17-16-10-12-7-4-8-19-12)14-9-13(14)11-5-2-1-3-6-11/h1-8,10,13-14H,9H2,(H,17,18)/b16-10-/t13-,14+/m1/s1. The molecule has 3 rings (SSSR count). The van der Waals surface area contributed by atoms with Crippen LogP contribution >= 0.6 is 11.3 Å². The molecule has 1 aliphatic rings. The lowest BCUT2D eigenvalue weighted by Crippen LogP contribution is -2.19. The molecule has 19 heavy (non-hydrogen) atoms. The molecule has 2 aromatic rings. The molecule has 0 radical (unpaired) electrons. The minimum absolute atomic E-state index is 0.0154. The number of nitrogens with one attached hydrogen (secondary N) is 1. The number of amides is 1. The van der Waals surface area contributed by atoms with Crippen molar-refractivity contribution in [3.05, 3.63) is 58.3 Å². The molecule has 96 valence electrons. The van der Waals surface area contributed by atoms with Gasteiger partial charge in [-0.2, -0.15) is 5.10 Å². The zero-order valence-electron chi connectivity index (χ0n) is 10.3. The lowest BCUT2D eigenvalue weighted by Gasteiger charge is -1.99. The Kier molecular flexibility index (Phi) is 3.42. The second-order valence-corrected chi connectivity index (χ2v) is 5.59. The van der Waals surface area contributed by atoms with Gasteiger partial charge in [-0.3, -0.25) is 4.79 Å². The molecule has 1 N–H and O–H groups in total. The molecular weight excluding hydrogens is 256 g/mol. The van der Waals surface area contributed by atoms with E-state index in [1.54, 1.807) is 17.6 Å². The van der Waals surface area contributed by atoms with E-state index in [0.717, 1.165) is 11.3 Å².